The second-order valence-corrected chi connectivity index (χ2v) is 10.9. The highest BCUT2D eigenvalue weighted by Gasteiger charge is 2.34. The molecular weight excluding hydrogens is 485 g/mol. The first-order valence-electron chi connectivity index (χ1n) is 13.7. The monoisotopic (exact) mass is 523 g/mol. The van der Waals surface area contributed by atoms with Gasteiger partial charge in [0.05, 0.1) is 19.0 Å². The fourth-order valence-corrected chi connectivity index (χ4v) is 5.49. The summed E-state index contributed by atoms with van der Waals surface area (Å²) in [5.41, 5.74) is 6.99. The van der Waals surface area contributed by atoms with Crippen molar-refractivity contribution in [3.8, 4) is 5.75 Å². The van der Waals surface area contributed by atoms with Gasteiger partial charge in [0.25, 0.3) is 0 Å². The van der Waals surface area contributed by atoms with Gasteiger partial charge in [0.1, 0.15) is 5.82 Å². The molecule has 4 heterocycles. The summed E-state index contributed by atoms with van der Waals surface area (Å²) in [4.78, 5) is 17.7. The highest BCUT2D eigenvalue weighted by atomic mass is 19.1. The van der Waals surface area contributed by atoms with Gasteiger partial charge in [-0.25, -0.2) is 14.4 Å². The van der Waals surface area contributed by atoms with Gasteiger partial charge < -0.3 is 24.8 Å². The summed E-state index contributed by atoms with van der Waals surface area (Å²) >= 11 is 0. The lowest BCUT2D eigenvalue weighted by atomic mass is 9.84. The number of piperidine rings is 1. The molecule has 3 aromatic rings. The largest absolute Gasteiger partial charge is 0.490 e. The van der Waals surface area contributed by atoms with Crippen LogP contribution in [0, 0.1) is 17.7 Å². The Morgan fingerprint density at radius 1 is 1.08 bits per heavy atom. The topological polar surface area (TPSA) is 106 Å². The normalized spacial score (nSPS) is 21.3. The molecule has 1 aromatic carbocycles. The van der Waals surface area contributed by atoms with E-state index in [2.05, 4.69) is 45.8 Å². The fourth-order valence-electron chi connectivity index (χ4n) is 5.49. The van der Waals surface area contributed by atoms with Gasteiger partial charge >= 0.3 is 6.01 Å². The molecule has 0 aliphatic carbocycles. The molecule has 0 saturated carbocycles. The Balaban J connectivity index is 1.06. The Hall–Kier alpha value is -3.27. The number of anilines is 2. The van der Waals surface area contributed by atoms with Crippen molar-refractivity contribution in [1.29, 1.82) is 0 Å². The highest BCUT2D eigenvalue weighted by Crippen LogP contribution is 2.31. The zero-order valence-electron chi connectivity index (χ0n) is 22.5. The summed E-state index contributed by atoms with van der Waals surface area (Å²) in [7, 11) is 0. The molecule has 0 bridgehead atoms. The Labute approximate surface area is 223 Å². The first-order valence-corrected chi connectivity index (χ1v) is 13.7. The van der Waals surface area contributed by atoms with Crippen LogP contribution >= 0.6 is 0 Å². The molecule has 3 atom stereocenters. The number of benzene rings is 1. The molecule has 2 fully saturated rings. The van der Waals surface area contributed by atoms with Crippen LogP contribution in [0.25, 0.3) is 0 Å². The van der Waals surface area contributed by atoms with E-state index in [-0.39, 0.29) is 23.7 Å². The predicted molar refractivity (Wildman–Crippen MR) is 144 cm³/mol. The third-order valence-electron chi connectivity index (χ3n) is 7.97. The standard InChI is InChI=1S/C28H38FN7O2/c1-18(2)26-33-28(38-34-26)35-11-8-20(9-12-35)19(3)10-13-37-21-14-31-27(32-15-21)36-16-23(25(30)17-36)22-6-4-5-7-24(22)29/h4-7,14-15,18-20,23,25H,8-13,16-17,30H2,1-3H3/t19?,23-,25+/m1/s1. The van der Waals surface area contributed by atoms with Crippen LogP contribution in [-0.4, -0.2) is 58.9 Å². The van der Waals surface area contributed by atoms with Gasteiger partial charge in [0.15, 0.2) is 11.6 Å². The fraction of sp³-hybridized carbons (Fsp3) is 0.571. The molecule has 2 aromatic heterocycles. The zero-order valence-corrected chi connectivity index (χ0v) is 22.5. The number of ether oxygens (including phenoxy) is 1. The third kappa shape index (κ3) is 5.90. The first kappa shape index (κ1) is 26.3. The molecular formula is C28H38FN7O2. The number of rotatable bonds is 9. The second kappa shape index (κ2) is 11.6. The number of nitrogens with two attached hydrogens (primary N) is 1. The number of hydrogen-bond acceptors (Lipinski definition) is 9. The molecule has 9 nitrogen and oxygen atoms in total. The summed E-state index contributed by atoms with van der Waals surface area (Å²) in [6.07, 6.45) is 6.59. The molecule has 2 aliphatic heterocycles. The SMILES string of the molecule is CC(C)c1noc(N2CCC(C(C)CCOc3cnc(N4C[C@H](c5ccccc5F)[C@@H](N)C4)nc3)CC2)n1. The Morgan fingerprint density at radius 3 is 2.50 bits per heavy atom. The lowest BCUT2D eigenvalue weighted by Crippen LogP contribution is -2.36. The van der Waals surface area contributed by atoms with Gasteiger partial charge in [-0.3, -0.25) is 0 Å². The molecule has 2 saturated heterocycles. The van der Waals surface area contributed by atoms with Gasteiger partial charge in [-0.1, -0.05) is 44.1 Å². The minimum atomic E-state index is -0.216. The summed E-state index contributed by atoms with van der Waals surface area (Å²) < 4.78 is 25.7. The summed E-state index contributed by atoms with van der Waals surface area (Å²) in [6, 6.07) is 7.30. The summed E-state index contributed by atoms with van der Waals surface area (Å²) in [5.74, 6) is 3.16. The average molecular weight is 524 g/mol. The summed E-state index contributed by atoms with van der Waals surface area (Å²) in [6.45, 7) is 10.1. The third-order valence-corrected chi connectivity index (χ3v) is 7.97. The van der Waals surface area contributed by atoms with Gasteiger partial charge in [-0.2, -0.15) is 4.98 Å². The van der Waals surface area contributed by atoms with E-state index in [0.29, 0.717) is 54.8 Å². The van der Waals surface area contributed by atoms with E-state index in [4.69, 9.17) is 15.0 Å². The minimum Gasteiger partial charge on any atom is -0.490 e. The Kier molecular flexibility index (Phi) is 8.06. The van der Waals surface area contributed by atoms with E-state index >= 15 is 0 Å². The van der Waals surface area contributed by atoms with Crippen molar-refractivity contribution in [3.05, 3.63) is 53.9 Å². The van der Waals surface area contributed by atoms with E-state index < -0.39 is 0 Å². The molecule has 10 heteroatoms. The van der Waals surface area contributed by atoms with Crippen LogP contribution < -0.4 is 20.3 Å². The van der Waals surface area contributed by atoms with Crippen molar-refractivity contribution in [2.24, 2.45) is 17.6 Å². The Bertz CT molecular complexity index is 1180. The van der Waals surface area contributed by atoms with Gasteiger partial charge in [-0.05, 0) is 42.7 Å². The maximum Gasteiger partial charge on any atom is 0.324 e. The quantitative estimate of drug-likeness (QED) is 0.437. The van der Waals surface area contributed by atoms with Crippen LogP contribution in [-0.2, 0) is 0 Å². The second-order valence-electron chi connectivity index (χ2n) is 10.9. The van der Waals surface area contributed by atoms with Crippen LogP contribution in [0.1, 0.15) is 63.3 Å². The molecule has 0 radical (unpaired) electrons. The van der Waals surface area contributed by atoms with Gasteiger partial charge in [0.2, 0.25) is 5.95 Å². The van der Waals surface area contributed by atoms with Gasteiger partial charge in [0, 0.05) is 44.1 Å². The zero-order chi connectivity index (χ0) is 26.6. The van der Waals surface area contributed by atoms with Crippen LogP contribution in [0.4, 0.5) is 16.4 Å². The van der Waals surface area contributed by atoms with Crippen molar-refractivity contribution in [2.45, 2.75) is 57.9 Å². The van der Waals surface area contributed by atoms with Gasteiger partial charge in [-0.15, -0.1) is 0 Å². The number of halogens is 1. The van der Waals surface area contributed by atoms with Crippen LogP contribution in [0.5, 0.6) is 5.75 Å². The lowest BCUT2D eigenvalue weighted by molar-refractivity contribution is 0.219. The summed E-state index contributed by atoms with van der Waals surface area (Å²) in [5, 5.41) is 4.09. The van der Waals surface area contributed by atoms with E-state index in [0.717, 1.165) is 38.2 Å². The average Bonchev–Trinajstić information content (AvgIpc) is 3.57. The van der Waals surface area contributed by atoms with Crippen molar-refractivity contribution >= 4 is 12.0 Å². The van der Waals surface area contributed by atoms with E-state index in [9.17, 15) is 4.39 Å². The molecule has 0 amide bonds. The smallest absolute Gasteiger partial charge is 0.324 e. The van der Waals surface area contributed by atoms with Crippen molar-refractivity contribution in [1.82, 2.24) is 20.1 Å². The van der Waals surface area contributed by atoms with E-state index in [1.54, 1.807) is 18.5 Å². The van der Waals surface area contributed by atoms with E-state index in [1.165, 1.54) is 6.07 Å². The molecule has 204 valence electrons. The predicted octanol–water partition coefficient (Wildman–Crippen LogP) is 4.37. The number of hydrogen-bond donors (Lipinski definition) is 1. The van der Waals surface area contributed by atoms with Crippen molar-refractivity contribution in [2.75, 3.05) is 42.6 Å². The molecule has 38 heavy (non-hydrogen) atoms. The van der Waals surface area contributed by atoms with Crippen LogP contribution in [0.3, 0.4) is 0 Å². The van der Waals surface area contributed by atoms with Crippen molar-refractivity contribution in [3.63, 3.8) is 0 Å². The number of aromatic nitrogens is 4. The molecule has 0 spiro atoms. The maximum atomic E-state index is 14.3. The molecule has 1 unspecified atom stereocenters. The molecule has 5 rings (SSSR count). The first-order chi connectivity index (χ1) is 18.4. The van der Waals surface area contributed by atoms with E-state index in [1.807, 2.05) is 17.0 Å². The van der Waals surface area contributed by atoms with Crippen LogP contribution in [0.15, 0.2) is 41.2 Å². The Morgan fingerprint density at radius 2 is 1.82 bits per heavy atom. The van der Waals surface area contributed by atoms with Crippen LogP contribution in [0.2, 0.25) is 0 Å². The lowest BCUT2D eigenvalue weighted by Gasteiger charge is -2.33. The maximum absolute atomic E-state index is 14.3. The molecule has 2 aliphatic rings. The number of nitrogens with zero attached hydrogens (tertiary/aromatic N) is 6. The van der Waals surface area contributed by atoms with Crippen molar-refractivity contribution < 1.29 is 13.7 Å². The molecule has 2 N–H and O–H groups in total. The minimum absolute atomic E-state index is 0.0893. The highest BCUT2D eigenvalue weighted by molar-refractivity contribution is 5.38.